The van der Waals surface area contributed by atoms with Gasteiger partial charge in [0.1, 0.15) is 0 Å². The van der Waals surface area contributed by atoms with E-state index in [-0.39, 0.29) is 23.8 Å². The van der Waals surface area contributed by atoms with E-state index in [0.717, 1.165) is 37.0 Å². The number of carboxylic acid groups (broad SMARTS) is 1. The third kappa shape index (κ3) is 4.56. The molecule has 4 nitrogen and oxygen atoms in total. The quantitative estimate of drug-likeness (QED) is 0.841. The molecule has 0 aromatic carbocycles. The molecule has 1 fully saturated rings. The van der Waals surface area contributed by atoms with Gasteiger partial charge in [0, 0.05) is 11.3 Å². The first kappa shape index (κ1) is 16.0. The van der Waals surface area contributed by atoms with E-state index in [9.17, 15) is 9.59 Å². The lowest BCUT2D eigenvalue weighted by Gasteiger charge is -2.35. The Morgan fingerprint density at radius 3 is 2.62 bits per heavy atom. The van der Waals surface area contributed by atoms with Gasteiger partial charge in [0.15, 0.2) is 0 Å². The number of rotatable bonds is 6. The summed E-state index contributed by atoms with van der Waals surface area (Å²) in [5, 5.41) is 14.1. The van der Waals surface area contributed by atoms with Crippen molar-refractivity contribution >= 4 is 23.2 Å². The molecule has 2 N–H and O–H groups in total. The third-order valence-corrected chi connectivity index (χ3v) is 5.38. The van der Waals surface area contributed by atoms with E-state index in [4.69, 9.17) is 5.11 Å². The van der Waals surface area contributed by atoms with Gasteiger partial charge in [-0.3, -0.25) is 9.59 Å². The maximum Gasteiger partial charge on any atom is 0.303 e. The van der Waals surface area contributed by atoms with Gasteiger partial charge >= 0.3 is 5.97 Å². The number of carboxylic acids is 1. The Bertz CT molecular complexity index is 478. The number of carbonyl (C=O) groups excluding carboxylic acids is 1. The largest absolute Gasteiger partial charge is 0.481 e. The third-order valence-electron chi connectivity index (χ3n) is 4.32. The highest BCUT2D eigenvalue weighted by Gasteiger charge is 2.36. The van der Waals surface area contributed by atoms with Crippen molar-refractivity contribution in [2.45, 2.75) is 57.9 Å². The first-order chi connectivity index (χ1) is 10.0. The van der Waals surface area contributed by atoms with Crippen LogP contribution in [0, 0.1) is 5.41 Å². The minimum Gasteiger partial charge on any atom is -0.481 e. The molecular formula is C16H23NO3S. The first-order valence-corrected chi connectivity index (χ1v) is 8.43. The molecule has 21 heavy (non-hydrogen) atoms. The van der Waals surface area contributed by atoms with E-state index < -0.39 is 5.97 Å². The molecule has 0 spiro atoms. The highest BCUT2D eigenvalue weighted by atomic mass is 32.1. The Hall–Kier alpha value is -1.36. The fourth-order valence-corrected chi connectivity index (χ4v) is 4.01. The van der Waals surface area contributed by atoms with Crippen LogP contribution in [0.25, 0.3) is 0 Å². The van der Waals surface area contributed by atoms with Crippen LogP contribution < -0.4 is 5.32 Å². The number of thiophene rings is 1. The van der Waals surface area contributed by atoms with Crippen molar-refractivity contribution < 1.29 is 14.7 Å². The summed E-state index contributed by atoms with van der Waals surface area (Å²) in [6, 6.07) is 3.96. The van der Waals surface area contributed by atoms with E-state index in [0.29, 0.717) is 6.42 Å². The zero-order chi connectivity index (χ0) is 15.3. The SMILES string of the molecule is CC(NC(=O)CC1(CC(=O)O)CCCCC1)c1cccs1. The summed E-state index contributed by atoms with van der Waals surface area (Å²) >= 11 is 1.62. The molecule has 0 radical (unpaired) electrons. The number of amides is 1. The average Bonchev–Trinajstić information content (AvgIpc) is 2.92. The normalized spacial score (nSPS) is 18.9. The fraction of sp³-hybridized carbons (Fsp3) is 0.625. The number of carbonyl (C=O) groups is 2. The Morgan fingerprint density at radius 1 is 1.33 bits per heavy atom. The van der Waals surface area contributed by atoms with Crippen LogP contribution in [-0.4, -0.2) is 17.0 Å². The van der Waals surface area contributed by atoms with Gasteiger partial charge in [0.25, 0.3) is 0 Å². The molecule has 0 saturated heterocycles. The standard InChI is InChI=1S/C16H23NO3S/c1-12(13-6-5-9-21-13)17-14(18)10-16(11-15(19)20)7-3-2-4-8-16/h5-6,9,12H,2-4,7-8,10-11H2,1H3,(H,17,18)(H,19,20). The van der Waals surface area contributed by atoms with Gasteiger partial charge < -0.3 is 10.4 Å². The first-order valence-electron chi connectivity index (χ1n) is 7.55. The topological polar surface area (TPSA) is 66.4 Å². The monoisotopic (exact) mass is 309 g/mol. The van der Waals surface area contributed by atoms with Crippen LogP contribution in [0.15, 0.2) is 17.5 Å². The van der Waals surface area contributed by atoms with Crippen LogP contribution >= 0.6 is 11.3 Å². The van der Waals surface area contributed by atoms with Crippen molar-refractivity contribution in [2.24, 2.45) is 5.41 Å². The van der Waals surface area contributed by atoms with Crippen molar-refractivity contribution in [3.63, 3.8) is 0 Å². The highest BCUT2D eigenvalue weighted by molar-refractivity contribution is 7.10. The van der Waals surface area contributed by atoms with E-state index >= 15 is 0 Å². The molecule has 1 aliphatic carbocycles. The average molecular weight is 309 g/mol. The second kappa shape index (κ2) is 7.07. The Balaban J connectivity index is 1.96. The number of hydrogen-bond acceptors (Lipinski definition) is 3. The molecule has 1 amide bonds. The molecule has 1 aliphatic rings. The van der Waals surface area contributed by atoms with Gasteiger partial charge in [-0.25, -0.2) is 0 Å². The van der Waals surface area contributed by atoms with E-state index in [2.05, 4.69) is 5.32 Å². The Kier molecular flexibility index (Phi) is 5.39. The summed E-state index contributed by atoms with van der Waals surface area (Å²) in [7, 11) is 0. The van der Waals surface area contributed by atoms with Crippen LogP contribution in [-0.2, 0) is 9.59 Å². The molecule has 1 heterocycles. The van der Waals surface area contributed by atoms with E-state index in [1.54, 1.807) is 11.3 Å². The van der Waals surface area contributed by atoms with Gasteiger partial charge in [-0.1, -0.05) is 25.3 Å². The molecule has 1 atom stereocenters. The minimum absolute atomic E-state index is 0.0111. The Labute approximate surface area is 129 Å². The second-order valence-electron chi connectivity index (χ2n) is 6.11. The van der Waals surface area contributed by atoms with Crippen LogP contribution in [0.2, 0.25) is 0 Å². The molecular weight excluding hydrogens is 286 g/mol. The van der Waals surface area contributed by atoms with Crippen LogP contribution in [0.5, 0.6) is 0 Å². The van der Waals surface area contributed by atoms with Crippen molar-refractivity contribution in [1.82, 2.24) is 5.32 Å². The lowest BCUT2D eigenvalue weighted by Crippen LogP contribution is -2.36. The molecule has 116 valence electrons. The Morgan fingerprint density at radius 2 is 2.05 bits per heavy atom. The van der Waals surface area contributed by atoms with Crippen molar-refractivity contribution in [3.05, 3.63) is 22.4 Å². The zero-order valence-electron chi connectivity index (χ0n) is 12.4. The summed E-state index contributed by atoms with van der Waals surface area (Å²) in [5.74, 6) is -0.824. The molecule has 0 aliphatic heterocycles. The maximum atomic E-state index is 12.3. The maximum absolute atomic E-state index is 12.3. The van der Waals surface area contributed by atoms with Gasteiger partial charge in [0.2, 0.25) is 5.91 Å². The van der Waals surface area contributed by atoms with E-state index in [1.807, 2.05) is 24.4 Å². The van der Waals surface area contributed by atoms with Gasteiger partial charge in [-0.05, 0) is 36.6 Å². The summed E-state index contributed by atoms with van der Waals surface area (Å²) in [5.41, 5.74) is -0.344. The minimum atomic E-state index is -0.795. The summed E-state index contributed by atoms with van der Waals surface area (Å²) in [4.78, 5) is 24.6. The lowest BCUT2D eigenvalue weighted by molar-refractivity contribution is -0.141. The summed E-state index contributed by atoms with van der Waals surface area (Å²) in [6.07, 6.45) is 5.33. The molecule has 5 heteroatoms. The van der Waals surface area contributed by atoms with Crippen LogP contribution in [0.1, 0.15) is 62.8 Å². The number of nitrogens with one attached hydrogen (secondary N) is 1. The van der Waals surface area contributed by atoms with Gasteiger partial charge in [0.05, 0.1) is 12.5 Å². The molecule has 1 saturated carbocycles. The van der Waals surface area contributed by atoms with E-state index in [1.165, 1.54) is 0 Å². The van der Waals surface area contributed by atoms with Gasteiger partial charge in [-0.15, -0.1) is 11.3 Å². The number of hydrogen-bond donors (Lipinski definition) is 2. The predicted octanol–water partition coefficient (Wildman–Crippen LogP) is 3.74. The fourth-order valence-electron chi connectivity index (χ4n) is 3.28. The molecule has 0 bridgehead atoms. The molecule has 1 unspecified atom stereocenters. The van der Waals surface area contributed by atoms with Crippen molar-refractivity contribution in [3.8, 4) is 0 Å². The van der Waals surface area contributed by atoms with Crippen molar-refractivity contribution in [2.75, 3.05) is 0 Å². The predicted molar refractivity (Wildman–Crippen MR) is 83.3 cm³/mol. The second-order valence-corrected chi connectivity index (χ2v) is 7.09. The highest BCUT2D eigenvalue weighted by Crippen LogP contribution is 2.42. The molecule has 2 rings (SSSR count). The molecule has 1 aromatic heterocycles. The smallest absolute Gasteiger partial charge is 0.303 e. The van der Waals surface area contributed by atoms with Crippen molar-refractivity contribution in [1.29, 1.82) is 0 Å². The number of aliphatic carboxylic acids is 1. The van der Waals surface area contributed by atoms with Gasteiger partial charge in [-0.2, -0.15) is 0 Å². The van der Waals surface area contributed by atoms with Crippen LogP contribution in [0.4, 0.5) is 0 Å². The molecule has 1 aromatic rings. The summed E-state index contributed by atoms with van der Waals surface area (Å²) in [6.45, 7) is 1.97. The lowest BCUT2D eigenvalue weighted by atomic mass is 9.69. The summed E-state index contributed by atoms with van der Waals surface area (Å²) < 4.78 is 0. The van der Waals surface area contributed by atoms with Crippen LogP contribution in [0.3, 0.4) is 0 Å². The zero-order valence-corrected chi connectivity index (χ0v) is 13.2.